The number of likely N-dealkylation sites (N-methyl/N-ethyl adjacent to an activating group) is 1. The van der Waals surface area contributed by atoms with Gasteiger partial charge in [-0.1, -0.05) is 59.8 Å². The Labute approximate surface area is 230 Å². The van der Waals surface area contributed by atoms with Crippen molar-refractivity contribution in [2.24, 2.45) is 0 Å². The van der Waals surface area contributed by atoms with E-state index in [-0.39, 0.29) is 18.6 Å². The molecule has 0 aliphatic rings. The molecular weight excluding hydrogens is 490 g/mol. The van der Waals surface area contributed by atoms with Crippen molar-refractivity contribution in [3.05, 3.63) is 83.4 Å². The molecule has 1 atom stereocenters. The van der Waals surface area contributed by atoms with Crippen LogP contribution in [0.3, 0.4) is 0 Å². The Morgan fingerprint density at radius 1 is 1.00 bits per heavy atom. The molecule has 0 bridgehead atoms. The van der Waals surface area contributed by atoms with Crippen molar-refractivity contribution in [1.82, 2.24) is 15.0 Å². The summed E-state index contributed by atoms with van der Waals surface area (Å²) in [6, 6.07) is 22.4. The molecule has 0 amide bonds. The van der Waals surface area contributed by atoms with Crippen LogP contribution < -0.4 is 0 Å². The van der Waals surface area contributed by atoms with Gasteiger partial charge < -0.3 is 14.0 Å². The van der Waals surface area contributed by atoms with Crippen LogP contribution in [0, 0.1) is 6.92 Å². The number of hydrogen-bond donors (Lipinski definition) is 0. The highest BCUT2D eigenvalue weighted by molar-refractivity contribution is 5.74. The van der Waals surface area contributed by atoms with Crippen molar-refractivity contribution in [3.63, 3.8) is 0 Å². The van der Waals surface area contributed by atoms with Gasteiger partial charge >= 0.3 is 5.97 Å². The SMILES string of the molecule is COC(C)c1cc(-c2nc(-c3ccc(CN(C)CC(=O)OC(C)(C)C)cc3)no2)ccc1-c1ccccc1C. The van der Waals surface area contributed by atoms with Gasteiger partial charge in [0.25, 0.3) is 5.89 Å². The predicted octanol–water partition coefficient (Wildman–Crippen LogP) is 6.86. The number of benzene rings is 3. The van der Waals surface area contributed by atoms with Gasteiger partial charge in [-0.25, -0.2) is 0 Å². The molecule has 4 rings (SSSR count). The molecule has 0 radical (unpaired) electrons. The lowest BCUT2D eigenvalue weighted by Crippen LogP contribution is -2.32. The number of esters is 1. The van der Waals surface area contributed by atoms with Crippen molar-refractivity contribution in [1.29, 1.82) is 0 Å². The van der Waals surface area contributed by atoms with E-state index in [0.29, 0.717) is 18.3 Å². The number of nitrogens with zero attached hydrogens (tertiary/aromatic N) is 3. The highest BCUT2D eigenvalue weighted by Gasteiger charge is 2.19. The molecule has 3 aromatic carbocycles. The summed E-state index contributed by atoms with van der Waals surface area (Å²) in [5.41, 5.74) is 6.83. The molecule has 0 aliphatic carbocycles. The first-order chi connectivity index (χ1) is 18.5. The summed E-state index contributed by atoms with van der Waals surface area (Å²) in [5, 5.41) is 4.23. The lowest BCUT2D eigenvalue weighted by atomic mass is 9.92. The predicted molar refractivity (Wildman–Crippen MR) is 153 cm³/mol. The molecule has 1 heterocycles. The van der Waals surface area contributed by atoms with Crippen molar-refractivity contribution in [2.75, 3.05) is 20.7 Å². The molecule has 4 aromatic rings. The fourth-order valence-electron chi connectivity index (χ4n) is 4.46. The van der Waals surface area contributed by atoms with Crippen LogP contribution in [-0.4, -0.2) is 47.3 Å². The molecule has 7 heteroatoms. The van der Waals surface area contributed by atoms with Crippen LogP contribution in [0.15, 0.2) is 71.3 Å². The van der Waals surface area contributed by atoms with Gasteiger partial charge in [0.15, 0.2) is 0 Å². The van der Waals surface area contributed by atoms with Crippen LogP contribution in [0.25, 0.3) is 34.0 Å². The number of aromatic nitrogens is 2. The van der Waals surface area contributed by atoms with Crippen LogP contribution in [0.5, 0.6) is 0 Å². The minimum absolute atomic E-state index is 0.108. The molecule has 0 N–H and O–H groups in total. The molecule has 0 aliphatic heterocycles. The molecule has 1 aromatic heterocycles. The van der Waals surface area contributed by atoms with E-state index in [1.165, 1.54) is 11.1 Å². The van der Waals surface area contributed by atoms with E-state index in [9.17, 15) is 4.79 Å². The molecule has 0 spiro atoms. The molecule has 0 fully saturated rings. The quantitative estimate of drug-likeness (QED) is 0.220. The van der Waals surface area contributed by atoms with Crippen LogP contribution in [0.2, 0.25) is 0 Å². The minimum atomic E-state index is -0.490. The summed E-state index contributed by atoms with van der Waals surface area (Å²) in [6.45, 7) is 10.6. The molecular formula is C32H37N3O4. The summed E-state index contributed by atoms with van der Waals surface area (Å²) in [5.74, 6) is 0.728. The zero-order chi connectivity index (χ0) is 28.2. The minimum Gasteiger partial charge on any atom is -0.459 e. The van der Waals surface area contributed by atoms with E-state index in [1.807, 2.05) is 82.1 Å². The first-order valence-corrected chi connectivity index (χ1v) is 13.1. The monoisotopic (exact) mass is 527 g/mol. The Hall–Kier alpha value is -3.81. The van der Waals surface area contributed by atoms with Gasteiger partial charge in [0, 0.05) is 24.8 Å². The molecule has 7 nitrogen and oxygen atoms in total. The van der Waals surface area contributed by atoms with E-state index in [1.54, 1.807) is 7.11 Å². The fraction of sp³-hybridized carbons (Fsp3) is 0.344. The standard InChI is InChI=1S/C32H37N3O4/c1-21-10-8-9-11-26(21)27-17-16-25(18-28(27)22(2)37-7)31-33-30(34-39-31)24-14-12-23(13-15-24)19-35(6)20-29(36)38-32(3,4)5/h8-18,22H,19-20H2,1-7H3. The Morgan fingerprint density at radius 3 is 2.36 bits per heavy atom. The number of hydrogen-bond acceptors (Lipinski definition) is 7. The summed E-state index contributed by atoms with van der Waals surface area (Å²) in [7, 11) is 3.61. The molecule has 39 heavy (non-hydrogen) atoms. The van der Waals surface area contributed by atoms with Gasteiger partial charge in [-0.15, -0.1) is 0 Å². The summed E-state index contributed by atoms with van der Waals surface area (Å²) in [4.78, 5) is 18.7. The second kappa shape index (κ2) is 11.9. The maximum Gasteiger partial charge on any atom is 0.320 e. The molecule has 204 valence electrons. The van der Waals surface area contributed by atoms with Gasteiger partial charge in [-0.05, 0) is 81.6 Å². The second-order valence-electron chi connectivity index (χ2n) is 10.9. The van der Waals surface area contributed by atoms with Crippen LogP contribution in [0.4, 0.5) is 0 Å². The van der Waals surface area contributed by atoms with Crippen molar-refractivity contribution >= 4 is 5.97 Å². The average Bonchev–Trinajstić information content (AvgIpc) is 3.38. The van der Waals surface area contributed by atoms with Gasteiger partial charge in [0.2, 0.25) is 5.82 Å². The number of ether oxygens (including phenoxy) is 2. The summed E-state index contributed by atoms with van der Waals surface area (Å²) in [6.07, 6.45) is -0.108. The third kappa shape index (κ3) is 7.19. The number of carbonyl (C=O) groups is 1. The third-order valence-corrected chi connectivity index (χ3v) is 6.43. The highest BCUT2D eigenvalue weighted by Crippen LogP contribution is 2.35. The Kier molecular flexibility index (Phi) is 8.63. The third-order valence-electron chi connectivity index (χ3n) is 6.43. The van der Waals surface area contributed by atoms with Crippen LogP contribution in [-0.2, 0) is 20.8 Å². The van der Waals surface area contributed by atoms with E-state index in [4.69, 9.17) is 14.0 Å². The van der Waals surface area contributed by atoms with E-state index in [2.05, 4.69) is 41.3 Å². The normalized spacial score (nSPS) is 12.5. The molecule has 0 saturated carbocycles. The van der Waals surface area contributed by atoms with E-state index >= 15 is 0 Å². The first-order valence-electron chi connectivity index (χ1n) is 13.1. The van der Waals surface area contributed by atoms with Crippen LogP contribution >= 0.6 is 0 Å². The highest BCUT2D eigenvalue weighted by atomic mass is 16.6. The van der Waals surface area contributed by atoms with Gasteiger partial charge in [0.05, 0.1) is 12.6 Å². The maximum atomic E-state index is 12.1. The summed E-state index contributed by atoms with van der Waals surface area (Å²) >= 11 is 0. The van der Waals surface area contributed by atoms with E-state index in [0.717, 1.165) is 27.8 Å². The number of carbonyl (C=O) groups excluding carboxylic acids is 1. The lowest BCUT2D eigenvalue weighted by molar-refractivity contribution is -0.155. The Balaban J connectivity index is 1.50. The number of aryl methyl sites for hydroxylation is 1. The Bertz CT molecular complexity index is 1420. The van der Waals surface area contributed by atoms with Crippen LogP contribution in [0.1, 0.15) is 50.5 Å². The molecule has 0 saturated heterocycles. The maximum absolute atomic E-state index is 12.1. The van der Waals surface area contributed by atoms with Gasteiger partial charge in [-0.3, -0.25) is 9.69 Å². The summed E-state index contributed by atoms with van der Waals surface area (Å²) < 4.78 is 16.8. The van der Waals surface area contributed by atoms with Gasteiger partial charge in [0.1, 0.15) is 5.60 Å². The smallest absolute Gasteiger partial charge is 0.320 e. The van der Waals surface area contributed by atoms with Crippen molar-refractivity contribution < 1.29 is 18.8 Å². The Morgan fingerprint density at radius 2 is 1.69 bits per heavy atom. The first kappa shape index (κ1) is 28.2. The zero-order valence-corrected chi connectivity index (χ0v) is 23.8. The lowest BCUT2D eigenvalue weighted by Gasteiger charge is -2.22. The molecule has 1 unspecified atom stereocenters. The number of methoxy groups -OCH3 is 1. The zero-order valence-electron chi connectivity index (χ0n) is 23.8. The average molecular weight is 528 g/mol. The largest absolute Gasteiger partial charge is 0.459 e. The topological polar surface area (TPSA) is 77.7 Å². The second-order valence-corrected chi connectivity index (χ2v) is 10.9. The van der Waals surface area contributed by atoms with Crippen molar-refractivity contribution in [3.8, 4) is 34.0 Å². The van der Waals surface area contributed by atoms with Crippen molar-refractivity contribution in [2.45, 2.75) is 52.9 Å². The number of rotatable bonds is 9. The van der Waals surface area contributed by atoms with Gasteiger partial charge in [-0.2, -0.15) is 4.98 Å². The van der Waals surface area contributed by atoms with E-state index < -0.39 is 5.60 Å². The fourth-order valence-corrected chi connectivity index (χ4v) is 4.46.